The molecular weight excluding hydrogens is 187 g/mol. The smallest absolute Gasteiger partial charge is 0.148 e. The molecule has 1 heterocycles. The highest BCUT2D eigenvalue weighted by Gasteiger charge is 2.21. The molecule has 0 aliphatic rings. The van der Waals surface area contributed by atoms with Crippen LogP contribution < -0.4 is 5.73 Å². The molecule has 1 aromatic rings. The predicted molar refractivity (Wildman–Crippen MR) is 53.6 cm³/mol. The lowest BCUT2D eigenvalue weighted by molar-refractivity contribution is 0.215. The molecule has 0 bridgehead atoms. The van der Waals surface area contributed by atoms with Crippen molar-refractivity contribution in [1.29, 1.82) is 0 Å². The van der Waals surface area contributed by atoms with E-state index in [2.05, 4.69) is 4.98 Å². The molecule has 0 radical (unpaired) electrons. The number of aromatic nitrogens is 1. The molecule has 2 N–H and O–H groups in total. The number of nitrogens with two attached hydrogens (primary N) is 1. The second-order valence-electron chi connectivity index (χ2n) is 3.49. The summed E-state index contributed by atoms with van der Waals surface area (Å²) in [5.41, 5.74) is 4.58. The van der Waals surface area contributed by atoms with Gasteiger partial charge in [-0.2, -0.15) is 0 Å². The molecule has 0 atom stereocenters. The quantitative estimate of drug-likeness (QED) is 0.813. The van der Waals surface area contributed by atoms with Gasteiger partial charge in [0.25, 0.3) is 0 Å². The second kappa shape index (κ2) is 4.15. The zero-order chi connectivity index (χ0) is 9.90. The zero-order valence-electron chi connectivity index (χ0n) is 8.01. The third-order valence-corrected chi connectivity index (χ3v) is 2.66. The number of hydrogen-bond acceptors (Lipinski definition) is 3. The van der Waals surface area contributed by atoms with E-state index in [9.17, 15) is 4.39 Å². The molecule has 0 aliphatic carbocycles. The summed E-state index contributed by atoms with van der Waals surface area (Å²) in [5, 5.41) is 2.76. The fourth-order valence-electron chi connectivity index (χ4n) is 0.952. The third kappa shape index (κ3) is 3.04. The first-order valence-corrected chi connectivity index (χ1v) is 5.26. The van der Waals surface area contributed by atoms with Gasteiger partial charge >= 0.3 is 0 Å². The Balaban J connectivity index is 2.64. The van der Waals surface area contributed by atoms with Crippen molar-refractivity contribution < 1.29 is 4.39 Å². The Morgan fingerprint density at radius 3 is 2.77 bits per heavy atom. The first-order chi connectivity index (χ1) is 6.04. The van der Waals surface area contributed by atoms with Crippen LogP contribution in [-0.4, -0.2) is 11.5 Å². The summed E-state index contributed by atoms with van der Waals surface area (Å²) in [6, 6.07) is 0. The summed E-state index contributed by atoms with van der Waals surface area (Å²) < 4.78 is 13.4. The van der Waals surface area contributed by atoms with Gasteiger partial charge in [-0.1, -0.05) is 0 Å². The maximum atomic E-state index is 13.4. The van der Waals surface area contributed by atoms with E-state index in [1.54, 1.807) is 5.38 Å². The van der Waals surface area contributed by atoms with Crippen LogP contribution in [0.5, 0.6) is 0 Å². The fourth-order valence-corrected chi connectivity index (χ4v) is 1.95. The molecule has 13 heavy (non-hydrogen) atoms. The Labute approximate surface area is 82.0 Å². The fraction of sp³-hybridized carbons (Fsp3) is 0.667. The highest BCUT2D eigenvalue weighted by atomic mass is 32.1. The summed E-state index contributed by atoms with van der Waals surface area (Å²) in [7, 11) is 0. The molecular formula is C9H15FN2S. The van der Waals surface area contributed by atoms with Gasteiger partial charge in [-0.25, -0.2) is 9.37 Å². The Hall–Kier alpha value is -0.480. The van der Waals surface area contributed by atoms with Crippen molar-refractivity contribution in [2.24, 2.45) is 5.73 Å². The van der Waals surface area contributed by atoms with E-state index in [4.69, 9.17) is 5.73 Å². The first-order valence-electron chi connectivity index (χ1n) is 4.38. The summed E-state index contributed by atoms with van der Waals surface area (Å²) in [6.07, 6.45) is 1.77. The maximum Gasteiger partial charge on any atom is 0.148 e. The normalized spacial score (nSPS) is 12.0. The topological polar surface area (TPSA) is 38.9 Å². The average molecular weight is 202 g/mol. The third-order valence-electron chi connectivity index (χ3n) is 1.76. The molecule has 0 unspecified atom stereocenters. The number of alkyl halides is 1. The lowest BCUT2D eigenvalue weighted by atomic mass is 10.1. The molecule has 1 rings (SSSR count). The molecule has 0 spiro atoms. The van der Waals surface area contributed by atoms with Crippen LogP contribution in [0.25, 0.3) is 0 Å². The first kappa shape index (κ1) is 10.6. The van der Waals surface area contributed by atoms with Crippen LogP contribution in [0.15, 0.2) is 5.38 Å². The van der Waals surface area contributed by atoms with Crippen molar-refractivity contribution in [3.63, 3.8) is 0 Å². The standard InChI is InChI=1S/C9H15FN2S/c1-9(2,10)7-6-13-8(12-7)4-3-5-11/h6H,3-5,11H2,1-2H3. The van der Waals surface area contributed by atoms with Crippen molar-refractivity contribution in [3.05, 3.63) is 16.1 Å². The lowest BCUT2D eigenvalue weighted by Gasteiger charge is -2.09. The van der Waals surface area contributed by atoms with Crippen molar-refractivity contribution in [2.45, 2.75) is 32.4 Å². The average Bonchev–Trinajstić information content (AvgIpc) is 2.47. The SMILES string of the molecule is CC(C)(F)c1csc(CCCN)n1. The molecule has 0 fully saturated rings. The van der Waals surface area contributed by atoms with Gasteiger partial charge in [0, 0.05) is 11.8 Å². The molecule has 74 valence electrons. The van der Waals surface area contributed by atoms with Gasteiger partial charge in [-0.15, -0.1) is 11.3 Å². The van der Waals surface area contributed by atoms with Gasteiger partial charge < -0.3 is 5.73 Å². The Bertz CT molecular complexity index is 265. The van der Waals surface area contributed by atoms with Gasteiger partial charge in [0.1, 0.15) is 5.67 Å². The number of halogens is 1. The van der Waals surface area contributed by atoms with E-state index < -0.39 is 5.67 Å². The van der Waals surface area contributed by atoms with Crippen LogP contribution in [0.3, 0.4) is 0 Å². The number of hydrogen-bond donors (Lipinski definition) is 1. The molecule has 2 nitrogen and oxygen atoms in total. The van der Waals surface area contributed by atoms with Crippen molar-refractivity contribution in [3.8, 4) is 0 Å². The van der Waals surface area contributed by atoms with Crippen LogP contribution >= 0.6 is 11.3 Å². The Kier molecular flexibility index (Phi) is 3.39. The van der Waals surface area contributed by atoms with Gasteiger partial charge in [0.15, 0.2) is 0 Å². The van der Waals surface area contributed by atoms with Crippen molar-refractivity contribution in [1.82, 2.24) is 4.98 Å². The minimum absolute atomic E-state index is 0.532. The monoisotopic (exact) mass is 202 g/mol. The van der Waals surface area contributed by atoms with E-state index >= 15 is 0 Å². The maximum absolute atomic E-state index is 13.4. The molecule has 1 aromatic heterocycles. The van der Waals surface area contributed by atoms with Crippen LogP contribution in [0.1, 0.15) is 31.0 Å². The van der Waals surface area contributed by atoms with Crippen molar-refractivity contribution >= 4 is 11.3 Å². The van der Waals surface area contributed by atoms with E-state index in [-0.39, 0.29) is 0 Å². The molecule has 0 aliphatic heterocycles. The summed E-state index contributed by atoms with van der Waals surface area (Å²) in [5.74, 6) is 0. The number of rotatable bonds is 4. The second-order valence-corrected chi connectivity index (χ2v) is 4.43. The van der Waals surface area contributed by atoms with E-state index in [0.717, 1.165) is 17.8 Å². The molecule has 0 saturated carbocycles. The summed E-state index contributed by atoms with van der Waals surface area (Å²) in [6.45, 7) is 3.71. The zero-order valence-corrected chi connectivity index (χ0v) is 8.83. The van der Waals surface area contributed by atoms with E-state index in [1.807, 2.05) is 0 Å². The molecule has 0 amide bonds. The predicted octanol–water partition coefficient (Wildman–Crippen LogP) is 2.24. The lowest BCUT2D eigenvalue weighted by Crippen LogP contribution is -2.09. The molecule has 4 heteroatoms. The van der Waals surface area contributed by atoms with Crippen LogP contribution in [-0.2, 0) is 12.1 Å². The van der Waals surface area contributed by atoms with E-state index in [1.165, 1.54) is 25.2 Å². The molecule has 0 aromatic carbocycles. The van der Waals surface area contributed by atoms with Crippen LogP contribution in [0.2, 0.25) is 0 Å². The number of thiazole rings is 1. The summed E-state index contributed by atoms with van der Waals surface area (Å²) in [4.78, 5) is 4.21. The van der Waals surface area contributed by atoms with Crippen LogP contribution in [0, 0.1) is 0 Å². The largest absolute Gasteiger partial charge is 0.330 e. The van der Waals surface area contributed by atoms with Gasteiger partial charge in [0.05, 0.1) is 10.7 Å². The van der Waals surface area contributed by atoms with Gasteiger partial charge in [-0.05, 0) is 26.8 Å². The van der Waals surface area contributed by atoms with E-state index in [0.29, 0.717) is 12.2 Å². The number of aryl methyl sites for hydroxylation is 1. The molecule has 0 saturated heterocycles. The van der Waals surface area contributed by atoms with Gasteiger partial charge in [-0.3, -0.25) is 0 Å². The minimum atomic E-state index is -1.32. The Morgan fingerprint density at radius 2 is 2.31 bits per heavy atom. The highest BCUT2D eigenvalue weighted by molar-refractivity contribution is 7.09. The number of nitrogens with zero attached hydrogens (tertiary/aromatic N) is 1. The van der Waals surface area contributed by atoms with Crippen LogP contribution in [0.4, 0.5) is 4.39 Å². The van der Waals surface area contributed by atoms with Gasteiger partial charge in [0.2, 0.25) is 0 Å². The minimum Gasteiger partial charge on any atom is -0.330 e. The highest BCUT2D eigenvalue weighted by Crippen LogP contribution is 2.26. The van der Waals surface area contributed by atoms with Crippen molar-refractivity contribution in [2.75, 3.05) is 6.54 Å². The summed E-state index contributed by atoms with van der Waals surface area (Å²) >= 11 is 1.51. The Morgan fingerprint density at radius 1 is 1.62 bits per heavy atom.